The lowest BCUT2D eigenvalue weighted by Gasteiger charge is -2.33. The molecule has 4 heterocycles. The van der Waals surface area contributed by atoms with Crippen molar-refractivity contribution in [2.75, 3.05) is 26.2 Å². The van der Waals surface area contributed by atoms with Crippen LogP contribution in [0.5, 0.6) is 0 Å². The number of aliphatic hydroxyl groups excluding tert-OH is 1. The van der Waals surface area contributed by atoms with Gasteiger partial charge in [0.1, 0.15) is 5.02 Å². The van der Waals surface area contributed by atoms with Crippen molar-refractivity contribution >= 4 is 34.2 Å². The first kappa shape index (κ1) is 28.1. The molecule has 1 unspecified atom stereocenters. The van der Waals surface area contributed by atoms with Crippen molar-refractivity contribution < 1.29 is 14.8 Å². The number of nitro benzene ring substituents is 1. The van der Waals surface area contributed by atoms with Gasteiger partial charge in [-0.15, -0.1) is 0 Å². The summed E-state index contributed by atoms with van der Waals surface area (Å²) in [5.41, 5.74) is 4.26. The highest BCUT2D eigenvalue weighted by Crippen LogP contribution is 2.35. The van der Waals surface area contributed by atoms with Gasteiger partial charge in [0.25, 0.3) is 5.69 Å². The number of aliphatic hydroxyl groups is 1. The first-order valence-corrected chi connectivity index (χ1v) is 14.5. The third kappa shape index (κ3) is 5.33. The molecule has 0 spiro atoms. The molecule has 42 heavy (non-hydrogen) atoms. The Labute approximate surface area is 246 Å². The molecule has 1 fully saturated rings. The zero-order valence-corrected chi connectivity index (χ0v) is 24.0. The number of para-hydroxylation sites is 2. The average molecular weight is 594 g/mol. The maximum atomic E-state index is 12.6. The molecule has 0 radical (unpaired) electrons. The number of rotatable bonds is 7. The number of benzene rings is 2. The highest BCUT2D eigenvalue weighted by atomic mass is 35.5. The molecule has 2 aliphatic heterocycles. The molecule has 6 rings (SSSR count). The molecule has 2 aromatic carbocycles. The Balaban J connectivity index is 1.18. The van der Waals surface area contributed by atoms with E-state index >= 15 is 0 Å². The molecule has 1 amide bonds. The number of carbonyl (C=O) groups excluding carboxylic acids is 1. The highest BCUT2D eigenvalue weighted by Gasteiger charge is 2.30. The van der Waals surface area contributed by atoms with E-state index in [0.717, 1.165) is 48.2 Å². The number of β-amino-alcohol motifs (C(OH)–C–C–N with tert-alkyl or cyclic N) is 1. The molecular weight excluding hydrogens is 562 g/mol. The Morgan fingerprint density at radius 2 is 1.95 bits per heavy atom. The number of nitro groups is 1. The lowest BCUT2D eigenvalue weighted by atomic mass is 10.0. The number of H-pyrrole nitrogens is 1. The highest BCUT2D eigenvalue weighted by molar-refractivity contribution is 6.32. The lowest BCUT2D eigenvalue weighted by molar-refractivity contribution is -0.384. The van der Waals surface area contributed by atoms with Gasteiger partial charge in [-0.3, -0.25) is 24.2 Å². The Morgan fingerprint density at radius 1 is 1.19 bits per heavy atom. The van der Waals surface area contributed by atoms with Crippen LogP contribution in [0.2, 0.25) is 5.02 Å². The minimum Gasteiger partial charge on any atom is -0.390 e. The number of halogens is 1. The molecule has 13 heteroatoms. The summed E-state index contributed by atoms with van der Waals surface area (Å²) >= 11 is 6.05. The van der Waals surface area contributed by atoms with E-state index in [1.807, 2.05) is 28.8 Å². The minimum absolute atomic E-state index is 0.0381. The number of carbonyl (C=O) groups is 1. The van der Waals surface area contributed by atoms with Crippen molar-refractivity contribution in [1.82, 2.24) is 29.1 Å². The number of hydrogen-bond acceptors (Lipinski definition) is 7. The van der Waals surface area contributed by atoms with E-state index in [4.69, 9.17) is 16.7 Å². The number of aromatic amines is 1. The van der Waals surface area contributed by atoms with E-state index in [1.54, 1.807) is 15.6 Å². The van der Waals surface area contributed by atoms with E-state index in [0.29, 0.717) is 37.3 Å². The Kier molecular flexibility index (Phi) is 7.60. The van der Waals surface area contributed by atoms with Crippen LogP contribution in [0.3, 0.4) is 0 Å². The zero-order valence-electron chi connectivity index (χ0n) is 23.2. The van der Waals surface area contributed by atoms with Crippen molar-refractivity contribution in [2.24, 2.45) is 0 Å². The van der Waals surface area contributed by atoms with E-state index in [-0.39, 0.29) is 34.9 Å². The van der Waals surface area contributed by atoms with Gasteiger partial charge in [-0.1, -0.05) is 29.8 Å². The average Bonchev–Trinajstić information content (AvgIpc) is 3.50. The second-order valence-corrected chi connectivity index (χ2v) is 11.5. The number of nitrogens with zero attached hydrogens (tertiary/aromatic N) is 6. The summed E-state index contributed by atoms with van der Waals surface area (Å²) in [7, 11) is 0. The quantitative estimate of drug-likeness (QED) is 0.247. The van der Waals surface area contributed by atoms with Crippen molar-refractivity contribution in [3.8, 4) is 11.3 Å². The van der Waals surface area contributed by atoms with Gasteiger partial charge in [-0.2, -0.15) is 5.10 Å². The summed E-state index contributed by atoms with van der Waals surface area (Å²) in [6.07, 6.45) is 1.45. The van der Waals surface area contributed by atoms with Gasteiger partial charge in [0.15, 0.2) is 0 Å². The van der Waals surface area contributed by atoms with Gasteiger partial charge in [-0.25, -0.2) is 4.79 Å². The fourth-order valence-electron chi connectivity index (χ4n) is 6.29. The molecular formula is C29H32ClN7O5. The fourth-order valence-corrected chi connectivity index (χ4v) is 6.48. The SMILES string of the molecule is CC(=O)N1CCc2c(c(-c3ccc(Cl)c([N+](=O)[O-])c3)nn2CC(O)CN2CCC(n3c(=O)[nH]c4ccccc43)CC2)C1. The van der Waals surface area contributed by atoms with Gasteiger partial charge in [-0.05, 0) is 31.0 Å². The third-order valence-corrected chi connectivity index (χ3v) is 8.71. The summed E-state index contributed by atoms with van der Waals surface area (Å²) in [5, 5.41) is 27.5. The number of fused-ring (bicyclic) bond motifs is 2. The second kappa shape index (κ2) is 11.3. The molecule has 4 aromatic rings. The van der Waals surface area contributed by atoms with Gasteiger partial charge in [0, 0.05) is 75.0 Å². The van der Waals surface area contributed by atoms with E-state index in [1.165, 1.54) is 19.1 Å². The Morgan fingerprint density at radius 3 is 2.69 bits per heavy atom. The van der Waals surface area contributed by atoms with Crippen LogP contribution < -0.4 is 5.69 Å². The second-order valence-electron chi connectivity index (χ2n) is 11.1. The molecule has 2 aromatic heterocycles. The standard InChI is InChI=1S/C29H32ClN7O5/c1-18(38)34-13-10-25-22(17-34)28(19-6-7-23(30)27(14-19)37(41)42)32-35(25)16-21(39)15-33-11-8-20(9-12-33)36-26-5-3-2-4-24(26)31-29(36)40/h2-7,14,20-21,39H,8-13,15-17H2,1H3,(H,31,40). The Hall–Kier alpha value is -4.00. The van der Waals surface area contributed by atoms with Gasteiger partial charge >= 0.3 is 5.69 Å². The van der Waals surface area contributed by atoms with Crippen LogP contribution in [0.4, 0.5) is 5.69 Å². The van der Waals surface area contributed by atoms with Crippen molar-refractivity contribution in [3.05, 3.63) is 79.3 Å². The predicted molar refractivity (Wildman–Crippen MR) is 157 cm³/mol. The van der Waals surface area contributed by atoms with Crippen LogP contribution >= 0.6 is 11.6 Å². The number of aromatic nitrogens is 4. The van der Waals surface area contributed by atoms with Gasteiger partial charge in [0.05, 0.1) is 34.3 Å². The molecule has 0 saturated carbocycles. The fraction of sp³-hybridized carbons (Fsp3) is 0.414. The molecule has 12 nitrogen and oxygen atoms in total. The minimum atomic E-state index is -0.709. The molecule has 220 valence electrons. The number of hydrogen-bond donors (Lipinski definition) is 2. The number of likely N-dealkylation sites (tertiary alicyclic amines) is 1. The van der Waals surface area contributed by atoms with Crippen LogP contribution in [0.25, 0.3) is 22.3 Å². The van der Waals surface area contributed by atoms with E-state index in [2.05, 4.69) is 9.88 Å². The number of nitrogens with one attached hydrogen (secondary N) is 1. The molecule has 0 bridgehead atoms. The normalized spacial score (nSPS) is 17.0. The van der Waals surface area contributed by atoms with Crippen molar-refractivity contribution in [3.63, 3.8) is 0 Å². The first-order valence-electron chi connectivity index (χ1n) is 14.1. The van der Waals surface area contributed by atoms with E-state index < -0.39 is 11.0 Å². The zero-order chi connectivity index (χ0) is 29.5. The van der Waals surface area contributed by atoms with Crippen LogP contribution in [-0.2, 0) is 24.3 Å². The van der Waals surface area contributed by atoms with Crippen LogP contribution in [-0.4, -0.2) is 77.4 Å². The summed E-state index contributed by atoms with van der Waals surface area (Å²) in [4.78, 5) is 42.6. The summed E-state index contributed by atoms with van der Waals surface area (Å²) in [6, 6.07) is 12.4. The smallest absolute Gasteiger partial charge is 0.326 e. The van der Waals surface area contributed by atoms with Gasteiger partial charge < -0.3 is 19.9 Å². The summed E-state index contributed by atoms with van der Waals surface area (Å²) in [6.45, 7) is 4.59. The number of amides is 1. The van der Waals surface area contributed by atoms with Gasteiger partial charge in [0.2, 0.25) is 5.91 Å². The van der Waals surface area contributed by atoms with Crippen LogP contribution in [0.1, 0.15) is 37.1 Å². The summed E-state index contributed by atoms with van der Waals surface area (Å²) < 4.78 is 3.64. The molecule has 1 atom stereocenters. The largest absolute Gasteiger partial charge is 0.390 e. The first-order chi connectivity index (χ1) is 20.2. The van der Waals surface area contributed by atoms with Crippen molar-refractivity contribution in [2.45, 2.75) is 51.4 Å². The van der Waals surface area contributed by atoms with Crippen molar-refractivity contribution in [1.29, 1.82) is 0 Å². The Bertz CT molecular complexity index is 1720. The number of piperidine rings is 1. The maximum absolute atomic E-state index is 12.6. The third-order valence-electron chi connectivity index (χ3n) is 8.39. The van der Waals surface area contributed by atoms with Crippen LogP contribution in [0.15, 0.2) is 47.3 Å². The monoisotopic (exact) mass is 593 g/mol. The summed E-state index contributed by atoms with van der Waals surface area (Å²) in [5.74, 6) is -0.0558. The molecule has 1 saturated heterocycles. The predicted octanol–water partition coefficient (Wildman–Crippen LogP) is 3.36. The number of imidazole rings is 1. The van der Waals surface area contributed by atoms with E-state index in [9.17, 15) is 24.8 Å². The maximum Gasteiger partial charge on any atom is 0.326 e. The molecule has 2 N–H and O–H groups in total. The lowest BCUT2D eigenvalue weighted by Crippen LogP contribution is -2.42. The van der Waals surface area contributed by atoms with Crippen LogP contribution in [0, 0.1) is 10.1 Å². The topological polar surface area (TPSA) is 143 Å². The molecule has 2 aliphatic rings. The molecule has 0 aliphatic carbocycles.